The van der Waals surface area contributed by atoms with Crippen LogP contribution in [0.1, 0.15) is 6.92 Å². The number of nitrogens with one attached hydrogen (secondary N) is 1. The Morgan fingerprint density at radius 3 is 2.04 bits per heavy atom. The van der Waals surface area contributed by atoms with Gasteiger partial charge in [0, 0.05) is 6.92 Å². The summed E-state index contributed by atoms with van der Waals surface area (Å²) in [7, 11) is 0. The molecule has 0 spiro atoms. The van der Waals surface area contributed by atoms with Gasteiger partial charge >= 0.3 is 0 Å². The van der Waals surface area contributed by atoms with Crippen molar-refractivity contribution in [1.82, 2.24) is 5.32 Å². The van der Waals surface area contributed by atoms with E-state index in [1.165, 1.54) is 0 Å². The van der Waals surface area contributed by atoms with Gasteiger partial charge in [0.2, 0.25) is 5.91 Å². The summed E-state index contributed by atoms with van der Waals surface area (Å²) in [6.45, 7) is -0.199. The van der Waals surface area contributed by atoms with Gasteiger partial charge in [-0.3, -0.25) is 4.79 Å². The second-order valence-corrected chi connectivity index (χ2v) is 6.26. The molecule has 12 nitrogen and oxygen atoms in total. The normalized spacial score (nSPS) is 46.8. The second-order valence-electron chi connectivity index (χ2n) is 6.26. The third-order valence-electron chi connectivity index (χ3n) is 4.38. The van der Waals surface area contributed by atoms with Crippen LogP contribution in [-0.2, 0) is 19.0 Å². The summed E-state index contributed by atoms with van der Waals surface area (Å²) in [6.07, 6.45) is -13.7. The predicted molar refractivity (Wildman–Crippen MR) is 80.2 cm³/mol. The minimum atomic E-state index is -1.77. The molecule has 2 heterocycles. The van der Waals surface area contributed by atoms with E-state index >= 15 is 0 Å². The SMILES string of the molecule is CC(=O)N[C@@H]1[C@H](O[C@H]2[C@H](O)[C@@H](CO)OC(O)[C@H]2O)O[C@H](CO)[C@H](O)[C@H]1O. The van der Waals surface area contributed by atoms with Crippen molar-refractivity contribution in [3.8, 4) is 0 Å². The Hall–Kier alpha value is -0.930. The van der Waals surface area contributed by atoms with Crippen LogP contribution in [0.5, 0.6) is 0 Å². The molecule has 2 aliphatic rings. The zero-order valence-electron chi connectivity index (χ0n) is 14.0. The van der Waals surface area contributed by atoms with E-state index in [0.29, 0.717) is 0 Å². The third kappa shape index (κ3) is 4.31. The molecule has 0 aromatic rings. The number of ether oxygens (including phenoxy) is 3. The Morgan fingerprint density at radius 2 is 1.50 bits per heavy atom. The zero-order chi connectivity index (χ0) is 19.6. The van der Waals surface area contributed by atoms with Crippen molar-refractivity contribution in [2.75, 3.05) is 13.2 Å². The van der Waals surface area contributed by atoms with E-state index in [4.69, 9.17) is 14.2 Å². The molecule has 0 radical (unpaired) electrons. The molecule has 152 valence electrons. The van der Waals surface area contributed by atoms with E-state index in [1.54, 1.807) is 0 Å². The van der Waals surface area contributed by atoms with Crippen molar-refractivity contribution in [3.05, 3.63) is 0 Å². The minimum Gasteiger partial charge on any atom is -0.394 e. The Balaban J connectivity index is 2.22. The first-order valence-corrected chi connectivity index (χ1v) is 8.06. The molecule has 0 bridgehead atoms. The topological polar surface area (TPSA) is 198 Å². The molecule has 2 fully saturated rings. The Morgan fingerprint density at radius 1 is 0.923 bits per heavy atom. The average Bonchev–Trinajstić information content (AvgIpc) is 2.60. The van der Waals surface area contributed by atoms with Gasteiger partial charge in [0.1, 0.15) is 48.8 Å². The molecule has 1 unspecified atom stereocenters. The molecule has 2 saturated heterocycles. The first-order valence-electron chi connectivity index (χ1n) is 8.06. The number of amides is 1. The average molecular weight is 383 g/mol. The minimum absolute atomic E-state index is 0.581. The van der Waals surface area contributed by atoms with Crippen molar-refractivity contribution in [1.29, 1.82) is 0 Å². The Kier molecular flexibility index (Phi) is 7.27. The molecule has 0 saturated carbocycles. The molecule has 2 rings (SSSR count). The smallest absolute Gasteiger partial charge is 0.217 e. The molecule has 0 aliphatic carbocycles. The third-order valence-corrected chi connectivity index (χ3v) is 4.38. The standard InChI is InChI=1S/C14H25NO11/c1-4(18)15-7-10(21)8(19)5(2-16)25-14(7)26-12-9(20)6(3-17)24-13(23)11(12)22/h5-14,16-17,19-23H,2-3H2,1H3,(H,15,18)/t5-,6-,7+,8+,9-,10+,11+,12+,13?,14+/m1/s1. The number of hydrogen-bond acceptors (Lipinski definition) is 11. The van der Waals surface area contributed by atoms with E-state index in [-0.39, 0.29) is 0 Å². The highest BCUT2D eigenvalue weighted by molar-refractivity contribution is 5.73. The molecule has 0 aromatic carbocycles. The summed E-state index contributed by atoms with van der Waals surface area (Å²) in [5, 5.41) is 70.8. The summed E-state index contributed by atoms with van der Waals surface area (Å²) in [5.74, 6) is -0.581. The van der Waals surface area contributed by atoms with Gasteiger partial charge in [0.05, 0.1) is 13.2 Å². The van der Waals surface area contributed by atoms with Gasteiger partial charge in [-0.15, -0.1) is 0 Å². The fourth-order valence-electron chi connectivity index (χ4n) is 2.97. The molecule has 1 amide bonds. The number of rotatable bonds is 5. The quantitative estimate of drug-likeness (QED) is 0.226. The highest BCUT2D eigenvalue weighted by Gasteiger charge is 2.50. The first-order chi connectivity index (χ1) is 12.2. The number of aliphatic hydroxyl groups excluding tert-OH is 7. The van der Waals surface area contributed by atoms with E-state index in [1.807, 2.05) is 0 Å². The molecular formula is C14H25NO11. The van der Waals surface area contributed by atoms with Gasteiger partial charge < -0.3 is 55.3 Å². The van der Waals surface area contributed by atoms with Crippen LogP contribution >= 0.6 is 0 Å². The molecule has 12 heteroatoms. The number of hydrogen-bond donors (Lipinski definition) is 8. The summed E-state index contributed by atoms with van der Waals surface area (Å²) >= 11 is 0. The van der Waals surface area contributed by atoms with Gasteiger partial charge in [0.25, 0.3) is 0 Å². The van der Waals surface area contributed by atoms with Crippen molar-refractivity contribution >= 4 is 5.91 Å². The van der Waals surface area contributed by atoms with Crippen LogP contribution in [0.25, 0.3) is 0 Å². The van der Waals surface area contributed by atoms with Gasteiger partial charge in [-0.05, 0) is 0 Å². The van der Waals surface area contributed by atoms with Crippen LogP contribution < -0.4 is 5.32 Å². The number of carbonyl (C=O) groups is 1. The lowest BCUT2D eigenvalue weighted by molar-refractivity contribution is -0.341. The largest absolute Gasteiger partial charge is 0.394 e. The first kappa shape index (κ1) is 21.4. The van der Waals surface area contributed by atoms with Gasteiger partial charge in [0.15, 0.2) is 12.6 Å². The fraction of sp³-hybridized carbons (Fsp3) is 0.929. The lowest BCUT2D eigenvalue weighted by Crippen LogP contribution is -2.67. The lowest BCUT2D eigenvalue weighted by atomic mass is 9.95. The van der Waals surface area contributed by atoms with Crippen molar-refractivity contribution in [2.45, 2.75) is 68.3 Å². The van der Waals surface area contributed by atoms with Crippen LogP contribution in [0.2, 0.25) is 0 Å². The van der Waals surface area contributed by atoms with Crippen molar-refractivity contribution in [2.24, 2.45) is 0 Å². The zero-order valence-corrected chi connectivity index (χ0v) is 14.0. The fourth-order valence-corrected chi connectivity index (χ4v) is 2.97. The van der Waals surface area contributed by atoms with Gasteiger partial charge in [-0.25, -0.2) is 0 Å². The van der Waals surface area contributed by atoms with Crippen molar-refractivity contribution < 1.29 is 54.8 Å². The molecule has 8 N–H and O–H groups in total. The summed E-state index contributed by atoms with van der Waals surface area (Å²) in [5.41, 5.74) is 0. The van der Waals surface area contributed by atoms with Crippen LogP contribution in [-0.4, -0.2) is 116 Å². The maximum Gasteiger partial charge on any atom is 0.217 e. The Bertz CT molecular complexity index is 480. The predicted octanol–water partition coefficient (Wildman–Crippen LogP) is -5.25. The van der Waals surface area contributed by atoms with Gasteiger partial charge in [-0.1, -0.05) is 0 Å². The number of carbonyl (C=O) groups excluding carboxylic acids is 1. The van der Waals surface area contributed by atoms with Crippen molar-refractivity contribution in [3.63, 3.8) is 0 Å². The van der Waals surface area contributed by atoms with E-state index < -0.39 is 80.5 Å². The van der Waals surface area contributed by atoms with E-state index in [0.717, 1.165) is 6.92 Å². The maximum atomic E-state index is 11.4. The van der Waals surface area contributed by atoms with Crippen LogP contribution in [0.4, 0.5) is 0 Å². The van der Waals surface area contributed by atoms with Gasteiger partial charge in [-0.2, -0.15) is 0 Å². The maximum absolute atomic E-state index is 11.4. The Labute approximate surface area is 148 Å². The number of aliphatic hydroxyl groups is 7. The lowest BCUT2D eigenvalue weighted by Gasteiger charge is -2.46. The molecule has 10 atom stereocenters. The highest BCUT2D eigenvalue weighted by Crippen LogP contribution is 2.28. The molecular weight excluding hydrogens is 358 g/mol. The van der Waals surface area contributed by atoms with Crippen LogP contribution in [0, 0.1) is 0 Å². The summed E-state index contributed by atoms with van der Waals surface area (Å²) in [6, 6.07) is -1.29. The van der Waals surface area contributed by atoms with E-state index in [9.17, 15) is 40.5 Å². The second kappa shape index (κ2) is 8.84. The summed E-state index contributed by atoms with van der Waals surface area (Å²) in [4.78, 5) is 11.4. The van der Waals surface area contributed by atoms with Crippen LogP contribution in [0.15, 0.2) is 0 Å². The molecule has 0 aromatic heterocycles. The summed E-state index contributed by atoms with van der Waals surface area (Å²) < 4.78 is 15.6. The highest BCUT2D eigenvalue weighted by atomic mass is 16.7. The molecule has 2 aliphatic heterocycles. The monoisotopic (exact) mass is 383 g/mol. The van der Waals surface area contributed by atoms with Crippen LogP contribution in [0.3, 0.4) is 0 Å². The molecule has 26 heavy (non-hydrogen) atoms. The van der Waals surface area contributed by atoms with E-state index in [2.05, 4.69) is 5.32 Å².